The molecule has 1 aromatic rings. The second kappa shape index (κ2) is 7.41. The molecule has 0 spiro atoms. The smallest absolute Gasteiger partial charge is 0.212 e. The zero-order chi connectivity index (χ0) is 12.6. The van der Waals surface area contributed by atoms with E-state index in [1.807, 2.05) is 19.2 Å². The molecule has 0 aliphatic heterocycles. The Bertz CT molecular complexity index is 388. The lowest BCUT2D eigenvalue weighted by molar-refractivity contribution is 0.551. The lowest BCUT2D eigenvalue weighted by Gasteiger charge is -2.07. The van der Waals surface area contributed by atoms with Gasteiger partial charge in [0, 0.05) is 32.0 Å². The van der Waals surface area contributed by atoms with Crippen LogP contribution >= 0.6 is 0 Å². The molecule has 0 radical (unpaired) electrons. The first-order valence-electron chi connectivity index (χ1n) is 5.79. The summed E-state index contributed by atoms with van der Waals surface area (Å²) < 4.78 is 27.3. The van der Waals surface area contributed by atoms with Gasteiger partial charge in [0.1, 0.15) is 0 Å². The van der Waals surface area contributed by atoms with Gasteiger partial charge in [-0.15, -0.1) is 0 Å². The number of nitrogens with zero attached hydrogens (tertiary/aromatic N) is 2. The van der Waals surface area contributed by atoms with E-state index in [1.165, 1.54) is 0 Å². The first kappa shape index (κ1) is 14.1. The highest BCUT2D eigenvalue weighted by atomic mass is 32.2. The maximum absolute atomic E-state index is 11.5. The number of hydrogen-bond donors (Lipinski definition) is 2. The average Bonchev–Trinajstić information content (AvgIpc) is 2.77. The highest BCUT2D eigenvalue weighted by Crippen LogP contribution is 1.90. The van der Waals surface area contributed by atoms with Crippen molar-refractivity contribution >= 4 is 10.0 Å². The van der Waals surface area contributed by atoms with Gasteiger partial charge in [0.15, 0.2) is 0 Å². The maximum atomic E-state index is 11.5. The molecule has 0 atom stereocenters. The molecule has 0 unspecified atom stereocenters. The monoisotopic (exact) mass is 260 g/mol. The van der Waals surface area contributed by atoms with E-state index in [0.29, 0.717) is 13.1 Å². The summed E-state index contributed by atoms with van der Waals surface area (Å²) in [7, 11) is -3.14. The summed E-state index contributed by atoms with van der Waals surface area (Å²) in [5.41, 5.74) is 0. The topological polar surface area (TPSA) is 76.0 Å². The number of aromatic nitrogens is 2. The number of rotatable bonds is 9. The fourth-order valence-electron chi connectivity index (χ4n) is 1.36. The molecule has 6 nitrogen and oxygen atoms in total. The fourth-order valence-corrected chi connectivity index (χ4v) is 2.37. The maximum Gasteiger partial charge on any atom is 0.212 e. The zero-order valence-electron chi connectivity index (χ0n) is 10.1. The van der Waals surface area contributed by atoms with Gasteiger partial charge in [0.2, 0.25) is 10.0 Å². The highest BCUT2D eigenvalue weighted by Gasteiger charge is 2.07. The molecule has 0 fully saturated rings. The standard InChI is InChI=1S/C10H20N4O2S/c1-2-11-7-10-17(15,16)13-6-4-9-14-8-3-5-12-14/h3,5,8,11,13H,2,4,6-7,9-10H2,1H3. The highest BCUT2D eigenvalue weighted by molar-refractivity contribution is 7.89. The van der Waals surface area contributed by atoms with Crippen LogP contribution < -0.4 is 10.0 Å². The Morgan fingerprint density at radius 1 is 1.35 bits per heavy atom. The molecule has 0 aromatic carbocycles. The largest absolute Gasteiger partial charge is 0.316 e. The van der Waals surface area contributed by atoms with E-state index in [4.69, 9.17) is 0 Å². The minimum absolute atomic E-state index is 0.128. The molecule has 2 N–H and O–H groups in total. The molecule has 7 heteroatoms. The van der Waals surface area contributed by atoms with Gasteiger partial charge in [-0.2, -0.15) is 5.10 Å². The molecule has 0 bridgehead atoms. The van der Waals surface area contributed by atoms with Crippen molar-refractivity contribution in [2.45, 2.75) is 19.9 Å². The van der Waals surface area contributed by atoms with Gasteiger partial charge >= 0.3 is 0 Å². The van der Waals surface area contributed by atoms with Gasteiger partial charge in [-0.05, 0) is 19.0 Å². The second-order valence-electron chi connectivity index (χ2n) is 3.69. The van der Waals surface area contributed by atoms with Crippen molar-refractivity contribution in [2.24, 2.45) is 0 Å². The van der Waals surface area contributed by atoms with E-state index < -0.39 is 10.0 Å². The number of aryl methyl sites for hydroxylation is 1. The zero-order valence-corrected chi connectivity index (χ0v) is 10.9. The van der Waals surface area contributed by atoms with Crippen molar-refractivity contribution < 1.29 is 8.42 Å². The van der Waals surface area contributed by atoms with Crippen LogP contribution in [0.3, 0.4) is 0 Å². The Labute approximate surface area is 102 Å². The van der Waals surface area contributed by atoms with E-state index in [-0.39, 0.29) is 5.75 Å². The van der Waals surface area contributed by atoms with Crippen LogP contribution in [0.4, 0.5) is 0 Å². The van der Waals surface area contributed by atoms with Crippen LogP contribution in [0.2, 0.25) is 0 Å². The SMILES string of the molecule is CCNCCS(=O)(=O)NCCCn1cccn1. The fraction of sp³-hybridized carbons (Fsp3) is 0.700. The summed E-state index contributed by atoms with van der Waals surface area (Å²) in [5, 5.41) is 7.02. The molecule has 1 rings (SSSR count). The Balaban J connectivity index is 2.12. The van der Waals surface area contributed by atoms with Crippen LogP contribution in [-0.2, 0) is 16.6 Å². The van der Waals surface area contributed by atoms with Crippen molar-refractivity contribution in [3.63, 3.8) is 0 Å². The second-order valence-corrected chi connectivity index (χ2v) is 5.62. The van der Waals surface area contributed by atoms with Crippen molar-refractivity contribution in [2.75, 3.05) is 25.4 Å². The molecule has 1 aromatic heterocycles. The minimum atomic E-state index is -3.14. The van der Waals surface area contributed by atoms with Crippen molar-refractivity contribution in [1.29, 1.82) is 0 Å². The Morgan fingerprint density at radius 2 is 2.18 bits per heavy atom. The third-order valence-corrected chi connectivity index (χ3v) is 3.63. The van der Waals surface area contributed by atoms with E-state index >= 15 is 0 Å². The summed E-state index contributed by atoms with van der Waals surface area (Å²) in [4.78, 5) is 0. The number of nitrogens with one attached hydrogen (secondary N) is 2. The van der Waals surface area contributed by atoms with Crippen molar-refractivity contribution in [3.8, 4) is 0 Å². The molecular weight excluding hydrogens is 240 g/mol. The van der Waals surface area contributed by atoms with Crippen LogP contribution in [0, 0.1) is 0 Å². The predicted molar refractivity (Wildman–Crippen MR) is 67.2 cm³/mol. The Kier molecular flexibility index (Phi) is 6.17. The minimum Gasteiger partial charge on any atom is -0.316 e. The third-order valence-electron chi connectivity index (χ3n) is 2.24. The average molecular weight is 260 g/mol. The van der Waals surface area contributed by atoms with Gasteiger partial charge in [-0.25, -0.2) is 13.1 Å². The van der Waals surface area contributed by atoms with Gasteiger partial charge < -0.3 is 5.32 Å². The lowest BCUT2D eigenvalue weighted by atomic mass is 10.4. The van der Waals surface area contributed by atoms with Crippen LogP contribution in [0.15, 0.2) is 18.5 Å². The molecule has 0 aliphatic rings. The summed E-state index contributed by atoms with van der Waals surface area (Å²) in [6, 6.07) is 1.85. The van der Waals surface area contributed by atoms with E-state index in [1.54, 1.807) is 10.9 Å². The predicted octanol–water partition coefficient (Wildman–Crippen LogP) is -0.198. The van der Waals surface area contributed by atoms with Gasteiger partial charge in [0.25, 0.3) is 0 Å². The number of sulfonamides is 1. The van der Waals surface area contributed by atoms with Crippen LogP contribution in [0.1, 0.15) is 13.3 Å². The summed E-state index contributed by atoms with van der Waals surface area (Å²) in [5.74, 6) is 0.128. The summed E-state index contributed by atoms with van der Waals surface area (Å²) in [6.45, 7) is 4.40. The third kappa shape index (κ3) is 6.40. The van der Waals surface area contributed by atoms with Crippen LogP contribution in [0.25, 0.3) is 0 Å². The molecular formula is C10H20N4O2S. The molecule has 1 heterocycles. The number of hydrogen-bond acceptors (Lipinski definition) is 4. The molecule has 98 valence electrons. The van der Waals surface area contributed by atoms with Gasteiger partial charge in [-0.3, -0.25) is 4.68 Å². The van der Waals surface area contributed by atoms with E-state index in [2.05, 4.69) is 15.1 Å². The lowest BCUT2D eigenvalue weighted by Crippen LogP contribution is -2.32. The first-order valence-corrected chi connectivity index (χ1v) is 7.45. The van der Waals surface area contributed by atoms with Crippen molar-refractivity contribution in [1.82, 2.24) is 19.8 Å². The van der Waals surface area contributed by atoms with Crippen molar-refractivity contribution in [3.05, 3.63) is 18.5 Å². The first-order chi connectivity index (χ1) is 8.14. The Morgan fingerprint density at radius 3 is 2.82 bits per heavy atom. The van der Waals surface area contributed by atoms with Crippen LogP contribution in [0.5, 0.6) is 0 Å². The van der Waals surface area contributed by atoms with Crippen LogP contribution in [-0.4, -0.2) is 43.6 Å². The molecule has 0 saturated heterocycles. The normalized spacial score (nSPS) is 11.8. The molecule has 0 amide bonds. The van der Waals surface area contributed by atoms with E-state index in [0.717, 1.165) is 19.5 Å². The van der Waals surface area contributed by atoms with E-state index in [9.17, 15) is 8.42 Å². The molecule has 17 heavy (non-hydrogen) atoms. The summed E-state index contributed by atoms with van der Waals surface area (Å²) in [6.07, 6.45) is 4.31. The van der Waals surface area contributed by atoms with Gasteiger partial charge in [-0.1, -0.05) is 6.92 Å². The Hall–Kier alpha value is -0.920. The summed E-state index contributed by atoms with van der Waals surface area (Å²) >= 11 is 0. The molecule has 0 aliphatic carbocycles. The molecule has 0 saturated carbocycles. The quantitative estimate of drug-likeness (QED) is 0.603. The van der Waals surface area contributed by atoms with Gasteiger partial charge in [0.05, 0.1) is 5.75 Å².